The number of nitrogens with zero attached hydrogens (tertiary/aromatic N) is 1. The first-order valence-electron chi connectivity index (χ1n) is 8.37. The Bertz CT molecular complexity index is 627. The van der Waals surface area contributed by atoms with Gasteiger partial charge in [-0.25, -0.2) is 0 Å². The Morgan fingerprint density at radius 1 is 1.44 bits per heavy atom. The van der Waals surface area contributed by atoms with Gasteiger partial charge in [-0.1, -0.05) is 44.2 Å². The first kappa shape index (κ1) is 20.9. The van der Waals surface area contributed by atoms with E-state index in [1.165, 1.54) is 0 Å². The number of allylic oxidation sites excluding steroid dienone is 5. The monoisotopic (exact) mass is 354 g/mol. The lowest BCUT2D eigenvalue weighted by molar-refractivity contribution is -0.146. The Kier molecular flexibility index (Phi) is 8.38. The molecule has 1 unspecified atom stereocenters. The van der Waals surface area contributed by atoms with Gasteiger partial charge in [-0.3, -0.25) is 9.89 Å². The van der Waals surface area contributed by atoms with Crippen LogP contribution >= 0.6 is 0 Å². The van der Waals surface area contributed by atoms with Crippen molar-refractivity contribution in [1.29, 1.82) is 0 Å². The van der Waals surface area contributed by atoms with Crippen LogP contribution in [0.2, 0.25) is 0 Å². The van der Waals surface area contributed by atoms with Crippen molar-refractivity contribution < 1.29 is 18.0 Å². The van der Waals surface area contributed by atoms with Gasteiger partial charge in [-0.2, -0.15) is 18.3 Å². The van der Waals surface area contributed by atoms with E-state index in [-0.39, 0.29) is 18.6 Å². The minimum atomic E-state index is -4.24. The lowest BCUT2D eigenvalue weighted by Gasteiger charge is -2.17. The standard InChI is InChI=1S/C19H25F3N2O/c1-4-7-14(13-19(20,21)22)10-17(25)11-16-12-18(24-23-16)15(8-5-2)9-6-3/h5-6,8-9,12,14H,2,4,7,10-11,13H2,1,3H3,(H,23,24)/b9-6-,15-8+. The summed E-state index contributed by atoms with van der Waals surface area (Å²) < 4.78 is 37.8. The highest BCUT2D eigenvalue weighted by molar-refractivity contribution is 5.81. The molecule has 1 heterocycles. The quantitative estimate of drug-likeness (QED) is 0.570. The van der Waals surface area contributed by atoms with Gasteiger partial charge in [0.25, 0.3) is 0 Å². The molecule has 1 rings (SSSR count). The second-order valence-electron chi connectivity index (χ2n) is 6.03. The largest absolute Gasteiger partial charge is 0.389 e. The molecule has 0 saturated heterocycles. The molecule has 0 saturated carbocycles. The number of H-pyrrole nitrogens is 1. The summed E-state index contributed by atoms with van der Waals surface area (Å²) in [5.74, 6) is -0.864. The maximum atomic E-state index is 12.6. The number of rotatable bonds is 10. The Balaban J connectivity index is 2.73. The van der Waals surface area contributed by atoms with Crippen LogP contribution in [0, 0.1) is 5.92 Å². The van der Waals surface area contributed by atoms with Gasteiger partial charge in [0.15, 0.2) is 0 Å². The van der Waals surface area contributed by atoms with Crippen molar-refractivity contribution in [2.45, 2.75) is 52.1 Å². The van der Waals surface area contributed by atoms with E-state index in [9.17, 15) is 18.0 Å². The van der Waals surface area contributed by atoms with E-state index in [1.54, 1.807) is 18.2 Å². The van der Waals surface area contributed by atoms with Crippen molar-refractivity contribution >= 4 is 11.4 Å². The molecule has 138 valence electrons. The molecule has 0 fully saturated rings. The Morgan fingerprint density at radius 3 is 2.72 bits per heavy atom. The third-order valence-electron chi connectivity index (χ3n) is 3.69. The van der Waals surface area contributed by atoms with Gasteiger partial charge in [0.05, 0.1) is 5.69 Å². The smallest absolute Gasteiger partial charge is 0.299 e. The number of hydrogen-bond acceptors (Lipinski definition) is 2. The molecule has 0 aliphatic heterocycles. The van der Waals surface area contributed by atoms with Gasteiger partial charge in [0, 0.05) is 30.5 Å². The lowest BCUT2D eigenvalue weighted by Crippen LogP contribution is -2.19. The molecule has 1 aromatic rings. The maximum Gasteiger partial charge on any atom is 0.389 e. The number of ketones is 1. The van der Waals surface area contributed by atoms with E-state index in [0.717, 1.165) is 5.57 Å². The molecule has 0 radical (unpaired) electrons. The molecule has 1 aromatic heterocycles. The van der Waals surface area contributed by atoms with Gasteiger partial charge in [0.1, 0.15) is 5.78 Å². The fourth-order valence-electron chi connectivity index (χ4n) is 2.75. The Hall–Kier alpha value is -2.11. The number of nitrogens with one attached hydrogen (secondary N) is 1. The maximum absolute atomic E-state index is 12.6. The minimum Gasteiger partial charge on any atom is -0.299 e. The number of carbonyl (C=O) groups excluding carboxylic acids is 1. The van der Waals surface area contributed by atoms with Crippen molar-refractivity contribution in [3.8, 4) is 0 Å². The van der Waals surface area contributed by atoms with Gasteiger partial charge in [-0.05, 0) is 25.3 Å². The van der Waals surface area contributed by atoms with Crippen molar-refractivity contribution in [3.63, 3.8) is 0 Å². The molecule has 0 bridgehead atoms. The Labute approximate surface area is 146 Å². The fraction of sp³-hybridized carbons (Fsp3) is 0.474. The molecule has 1 atom stereocenters. The summed E-state index contributed by atoms with van der Waals surface area (Å²) in [5, 5.41) is 6.94. The molecule has 6 heteroatoms. The van der Waals surface area contributed by atoms with Crippen LogP contribution in [0.15, 0.2) is 36.9 Å². The van der Waals surface area contributed by atoms with Crippen molar-refractivity contribution in [2.24, 2.45) is 5.92 Å². The minimum absolute atomic E-state index is 0.0578. The summed E-state index contributed by atoms with van der Waals surface area (Å²) in [4.78, 5) is 12.2. The molecule has 0 aromatic carbocycles. The number of carbonyl (C=O) groups is 1. The second-order valence-corrected chi connectivity index (χ2v) is 6.03. The van der Waals surface area contributed by atoms with E-state index in [4.69, 9.17) is 0 Å². The summed E-state index contributed by atoms with van der Waals surface area (Å²) >= 11 is 0. The zero-order chi connectivity index (χ0) is 18.9. The summed E-state index contributed by atoms with van der Waals surface area (Å²) in [5.41, 5.74) is 2.11. The van der Waals surface area contributed by atoms with Gasteiger partial charge < -0.3 is 0 Å². The third-order valence-corrected chi connectivity index (χ3v) is 3.69. The molecule has 0 aliphatic carbocycles. The molecular formula is C19H25F3N2O. The normalized spacial score (nSPS) is 14.0. The van der Waals surface area contributed by atoms with Crippen LogP contribution in [0.1, 0.15) is 50.9 Å². The van der Waals surface area contributed by atoms with E-state index < -0.39 is 18.5 Å². The summed E-state index contributed by atoms with van der Waals surface area (Å²) in [6.45, 7) is 7.35. The van der Waals surface area contributed by atoms with Gasteiger partial charge in [-0.15, -0.1) is 0 Å². The molecular weight excluding hydrogens is 329 g/mol. The topological polar surface area (TPSA) is 45.8 Å². The summed E-state index contributed by atoms with van der Waals surface area (Å²) in [6, 6.07) is 1.74. The molecule has 3 nitrogen and oxygen atoms in total. The van der Waals surface area contributed by atoms with Gasteiger partial charge in [0.2, 0.25) is 0 Å². The average Bonchev–Trinajstić information content (AvgIpc) is 2.93. The molecule has 0 spiro atoms. The molecule has 25 heavy (non-hydrogen) atoms. The highest BCUT2D eigenvalue weighted by Gasteiger charge is 2.32. The van der Waals surface area contributed by atoms with Crippen LogP contribution in [0.25, 0.3) is 5.57 Å². The number of aromatic amines is 1. The predicted molar refractivity (Wildman–Crippen MR) is 94.0 cm³/mol. The molecule has 1 N–H and O–H groups in total. The number of halogens is 3. The van der Waals surface area contributed by atoms with Crippen molar-refractivity contribution in [1.82, 2.24) is 10.2 Å². The van der Waals surface area contributed by atoms with Crippen LogP contribution in [0.5, 0.6) is 0 Å². The number of Topliss-reactive ketones (excluding diaryl/α,β-unsaturated/α-hetero) is 1. The van der Waals surface area contributed by atoms with E-state index >= 15 is 0 Å². The van der Waals surface area contributed by atoms with E-state index in [1.807, 2.05) is 26.0 Å². The second kappa shape index (κ2) is 10.0. The summed E-state index contributed by atoms with van der Waals surface area (Å²) in [7, 11) is 0. The zero-order valence-electron chi connectivity index (χ0n) is 14.7. The lowest BCUT2D eigenvalue weighted by atomic mass is 9.92. The average molecular weight is 354 g/mol. The highest BCUT2D eigenvalue weighted by atomic mass is 19.4. The summed E-state index contributed by atoms with van der Waals surface area (Å²) in [6.07, 6.45) is 3.03. The first-order valence-corrected chi connectivity index (χ1v) is 8.37. The van der Waals surface area contributed by atoms with Crippen molar-refractivity contribution in [3.05, 3.63) is 48.3 Å². The van der Waals surface area contributed by atoms with Crippen LogP contribution in [-0.2, 0) is 11.2 Å². The number of alkyl halides is 3. The van der Waals surface area contributed by atoms with Gasteiger partial charge >= 0.3 is 6.18 Å². The van der Waals surface area contributed by atoms with E-state index in [0.29, 0.717) is 24.2 Å². The van der Waals surface area contributed by atoms with E-state index in [2.05, 4.69) is 16.8 Å². The predicted octanol–water partition coefficient (Wildman–Crippen LogP) is 5.43. The van der Waals surface area contributed by atoms with Crippen LogP contribution < -0.4 is 0 Å². The highest BCUT2D eigenvalue weighted by Crippen LogP contribution is 2.29. The first-order chi connectivity index (χ1) is 11.8. The van der Waals surface area contributed by atoms with Crippen LogP contribution in [0.4, 0.5) is 13.2 Å². The zero-order valence-corrected chi connectivity index (χ0v) is 14.7. The Morgan fingerprint density at radius 2 is 2.16 bits per heavy atom. The molecule has 0 amide bonds. The number of hydrogen-bond donors (Lipinski definition) is 1. The number of aromatic nitrogens is 2. The molecule has 0 aliphatic rings. The fourth-order valence-corrected chi connectivity index (χ4v) is 2.75. The third kappa shape index (κ3) is 8.01. The SMILES string of the molecule is C=C/C=C(\C=C/C)c1cc(CC(=O)CC(CCC)CC(F)(F)F)[nH]n1. The van der Waals surface area contributed by atoms with Crippen molar-refractivity contribution in [2.75, 3.05) is 0 Å². The van der Waals surface area contributed by atoms with Crippen LogP contribution in [0.3, 0.4) is 0 Å². The van der Waals surface area contributed by atoms with Crippen LogP contribution in [-0.4, -0.2) is 22.2 Å².